The van der Waals surface area contributed by atoms with E-state index in [9.17, 15) is 4.79 Å². The Hall–Kier alpha value is -0.410. The van der Waals surface area contributed by atoms with Gasteiger partial charge in [0.2, 0.25) is 0 Å². The molecule has 3 nitrogen and oxygen atoms in total. The third kappa shape index (κ3) is 4.22. The molecule has 0 aliphatic heterocycles. The van der Waals surface area contributed by atoms with Crippen LogP contribution in [0.15, 0.2) is 0 Å². The predicted octanol–water partition coefficient (Wildman–Crippen LogP) is 2.85. The molecule has 0 heterocycles. The second-order valence-corrected chi connectivity index (χ2v) is 4.66. The number of carbonyl (C=O) groups excluding carboxylic acids is 1. The van der Waals surface area contributed by atoms with Crippen LogP contribution in [0.5, 0.6) is 0 Å². The number of ketones is 1. The lowest BCUT2D eigenvalue weighted by Crippen LogP contribution is -2.43. The first kappa shape index (κ1) is 13.7. The normalized spacial score (nSPS) is 19.6. The van der Waals surface area contributed by atoms with E-state index in [4.69, 9.17) is 4.84 Å². The summed E-state index contributed by atoms with van der Waals surface area (Å²) in [6.07, 6.45) is 7.74. The number of rotatable bonds is 7. The van der Waals surface area contributed by atoms with Gasteiger partial charge in [0.1, 0.15) is 0 Å². The molecule has 1 saturated carbocycles. The molecular weight excluding hydrogens is 202 g/mol. The molecule has 0 aromatic heterocycles. The molecule has 3 heteroatoms. The van der Waals surface area contributed by atoms with E-state index in [1.165, 1.54) is 32.1 Å². The van der Waals surface area contributed by atoms with E-state index in [0.717, 1.165) is 6.42 Å². The molecule has 94 valence electrons. The highest BCUT2D eigenvalue weighted by molar-refractivity contribution is 5.83. The van der Waals surface area contributed by atoms with Gasteiger partial charge in [0.25, 0.3) is 0 Å². The number of carbonyl (C=O) groups is 1. The fraction of sp³-hybridized carbons (Fsp3) is 0.923. The van der Waals surface area contributed by atoms with Crippen molar-refractivity contribution in [2.45, 2.75) is 64.8 Å². The van der Waals surface area contributed by atoms with Gasteiger partial charge in [0.05, 0.1) is 12.6 Å². The van der Waals surface area contributed by atoms with E-state index in [1.54, 1.807) is 0 Å². The van der Waals surface area contributed by atoms with E-state index in [2.05, 4.69) is 12.4 Å². The lowest BCUT2D eigenvalue weighted by atomic mass is 9.82. The molecular formula is C13H25NO2. The maximum atomic E-state index is 11.9. The van der Waals surface area contributed by atoms with E-state index in [-0.39, 0.29) is 6.04 Å². The van der Waals surface area contributed by atoms with Crippen molar-refractivity contribution in [1.82, 2.24) is 5.48 Å². The molecule has 16 heavy (non-hydrogen) atoms. The van der Waals surface area contributed by atoms with Crippen molar-refractivity contribution in [2.75, 3.05) is 6.61 Å². The summed E-state index contributed by atoms with van der Waals surface area (Å²) in [7, 11) is 0. The topological polar surface area (TPSA) is 38.3 Å². The average molecular weight is 227 g/mol. The molecule has 0 spiro atoms. The van der Waals surface area contributed by atoms with Crippen LogP contribution in [0.1, 0.15) is 58.8 Å². The fourth-order valence-electron chi connectivity index (χ4n) is 2.36. The van der Waals surface area contributed by atoms with Crippen LogP contribution < -0.4 is 5.48 Å². The molecule has 0 radical (unpaired) electrons. The molecule has 0 bridgehead atoms. The van der Waals surface area contributed by atoms with Gasteiger partial charge in [0, 0.05) is 6.42 Å². The summed E-state index contributed by atoms with van der Waals surface area (Å²) in [4.78, 5) is 17.2. The largest absolute Gasteiger partial charge is 0.301 e. The van der Waals surface area contributed by atoms with Gasteiger partial charge in [-0.1, -0.05) is 33.1 Å². The number of Topliss-reactive ketones (excluding diaryl/α,β-unsaturated/α-hetero) is 1. The Morgan fingerprint density at radius 3 is 2.56 bits per heavy atom. The lowest BCUT2D eigenvalue weighted by Gasteiger charge is -2.29. The highest BCUT2D eigenvalue weighted by Crippen LogP contribution is 2.27. The van der Waals surface area contributed by atoms with E-state index < -0.39 is 0 Å². The standard InChI is InChI=1S/C13H25NO2/c1-3-10-16-14-13(12(15)4-2)11-8-6-5-7-9-11/h11,13-14H,3-10H2,1-2H3/t13-/m0/s1. The Bertz CT molecular complexity index is 200. The summed E-state index contributed by atoms with van der Waals surface area (Å²) in [5, 5.41) is 0. The van der Waals surface area contributed by atoms with Crippen molar-refractivity contribution in [3.8, 4) is 0 Å². The molecule has 1 aliphatic rings. The zero-order valence-electron chi connectivity index (χ0n) is 10.6. The first-order chi connectivity index (χ1) is 7.79. The molecule has 0 amide bonds. The third-order valence-electron chi connectivity index (χ3n) is 3.33. The second-order valence-electron chi connectivity index (χ2n) is 4.66. The van der Waals surface area contributed by atoms with Crippen LogP contribution in [-0.2, 0) is 9.63 Å². The van der Waals surface area contributed by atoms with Gasteiger partial charge < -0.3 is 4.84 Å². The molecule has 0 unspecified atom stereocenters. The second kappa shape index (κ2) is 7.80. The first-order valence-corrected chi connectivity index (χ1v) is 6.69. The van der Waals surface area contributed by atoms with Crippen molar-refractivity contribution >= 4 is 5.78 Å². The molecule has 0 aromatic rings. The van der Waals surface area contributed by atoms with Gasteiger partial charge >= 0.3 is 0 Å². The van der Waals surface area contributed by atoms with Crippen LogP contribution in [-0.4, -0.2) is 18.4 Å². The van der Waals surface area contributed by atoms with Gasteiger partial charge in [-0.15, -0.1) is 0 Å². The smallest absolute Gasteiger partial charge is 0.152 e. The highest BCUT2D eigenvalue weighted by atomic mass is 16.6. The highest BCUT2D eigenvalue weighted by Gasteiger charge is 2.28. The third-order valence-corrected chi connectivity index (χ3v) is 3.33. The zero-order chi connectivity index (χ0) is 11.8. The first-order valence-electron chi connectivity index (χ1n) is 6.69. The molecule has 0 aromatic carbocycles. The minimum absolute atomic E-state index is 0.0724. The molecule has 1 aliphatic carbocycles. The van der Waals surface area contributed by atoms with E-state index >= 15 is 0 Å². The molecule has 0 saturated heterocycles. The van der Waals surface area contributed by atoms with Crippen molar-refractivity contribution in [2.24, 2.45) is 5.92 Å². The van der Waals surface area contributed by atoms with Gasteiger partial charge in [-0.25, -0.2) is 0 Å². The summed E-state index contributed by atoms with van der Waals surface area (Å²) in [5.41, 5.74) is 2.99. The Labute approximate surface area is 98.9 Å². The van der Waals surface area contributed by atoms with Crippen molar-refractivity contribution in [1.29, 1.82) is 0 Å². The van der Waals surface area contributed by atoms with Gasteiger partial charge in [-0.3, -0.25) is 4.79 Å². The number of hydrogen-bond acceptors (Lipinski definition) is 3. The van der Waals surface area contributed by atoms with Crippen LogP contribution in [0.25, 0.3) is 0 Å². The van der Waals surface area contributed by atoms with Crippen LogP contribution in [0.2, 0.25) is 0 Å². The van der Waals surface area contributed by atoms with Gasteiger partial charge in [0.15, 0.2) is 5.78 Å². The Morgan fingerprint density at radius 2 is 2.00 bits per heavy atom. The zero-order valence-corrected chi connectivity index (χ0v) is 10.6. The average Bonchev–Trinajstić information content (AvgIpc) is 2.35. The van der Waals surface area contributed by atoms with Crippen molar-refractivity contribution in [3.05, 3.63) is 0 Å². The molecule has 1 fully saturated rings. The molecule has 1 atom stereocenters. The van der Waals surface area contributed by atoms with E-state index in [1.807, 2.05) is 6.92 Å². The molecule has 1 rings (SSSR count). The Kier molecular flexibility index (Phi) is 6.65. The van der Waals surface area contributed by atoms with Gasteiger partial charge in [-0.05, 0) is 25.2 Å². The molecule has 1 N–H and O–H groups in total. The maximum absolute atomic E-state index is 11.9. The fourth-order valence-corrected chi connectivity index (χ4v) is 2.36. The lowest BCUT2D eigenvalue weighted by molar-refractivity contribution is -0.127. The minimum atomic E-state index is -0.0724. The van der Waals surface area contributed by atoms with Crippen LogP contribution in [0, 0.1) is 5.92 Å². The van der Waals surface area contributed by atoms with Crippen molar-refractivity contribution < 1.29 is 9.63 Å². The summed E-state index contributed by atoms with van der Waals surface area (Å²) < 4.78 is 0. The summed E-state index contributed by atoms with van der Waals surface area (Å²) in [6, 6.07) is -0.0724. The summed E-state index contributed by atoms with van der Waals surface area (Å²) in [6.45, 7) is 4.68. The van der Waals surface area contributed by atoms with Crippen molar-refractivity contribution in [3.63, 3.8) is 0 Å². The Balaban J connectivity index is 2.44. The number of nitrogens with one attached hydrogen (secondary N) is 1. The van der Waals surface area contributed by atoms with Crippen LogP contribution in [0.3, 0.4) is 0 Å². The number of hydrogen-bond donors (Lipinski definition) is 1. The summed E-state index contributed by atoms with van der Waals surface area (Å²) >= 11 is 0. The monoisotopic (exact) mass is 227 g/mol. The number of hydroxylamine groups is 1. The maximum Gasteiger partial charge on any atom is 0.152 e. The predicted molar refractivity (Wildman–Crippen MR) is 65.0 cm³/mol. The minimum Gasteiger partial charge on any atom is -0.301 e. The van der Waals surface area contributed by atoms with Crippen LogP contribution in [0.4, 0.5) is 0 Å². The van der Waals surface area contributed by atoms with Crippen LogP contribution >= 0.6 is 0 Å². The summed E-state index contributed by atoms with van der Waals surface area (Å²) in [5.74, 6) is 0.779. The SMILES string of the molecule is CCCON[C@H](C(=O)CC)C1CCCCC1. The quantitative estimate of drug-likeness (QED) is 0.537. The van der Waals surface area contributed by atoms with E-state index in [0.29, 0.717) is 24.7 Å². The van der Waals surface area contributed by atoms with Gasteiger partial charge in [-0.2, -0.15) is 5.48 Å². The Morgan fingerprint density at radius 1 is 1.31 bits per heavy atom.